The Kier molecular flexibility index (Phi) is 4.25. The minimum atomic E-state index is -3.70. The average molecular weight is 273 g/mol. The summed E-state index contributed by atoms with van der Waals surface area (Å²) in [5.41, 5.74) is 4.97. The summed E-state index contributed by atoms with van der Waals surface area (Å²) in [5.74, 6) is 0. The van der Waals surface area contributed by atoms with E-state index in [2.05, 4.69) is 0 Å². The van der Waals surface area contributed by atoms with Crippen molar-refractivity contribution < 1.29 is 13.3 Å². The van der Waals surface area contributed by atoms with Gasteiger partial charge in [-0.25, -0.2) is 8.42 Å². The molecule has 0 radical (unpaired) electrons. The molecule has 18 heavy (non-hydrogen) atoms. The largest absolute Gasteiger partial charge is 0.393 e. The number of nitrogens with two attached hydrogens (primary N) is 1. The first-order valence-corrected chi connectivity index (χ1v) is 6.82. The molecule has 1 aromatic carbocycles. The van der Waals surface area contributed by atoms with Crippen LogP contribution in [-0.2, 0) is 10.0 Å². The van der Waals surface area contributed by atoms with Gasteiger partial charge in [-0.2, -0.15) is 4.31 Å². The molecule has 1 rings (SSSR count). The second kappa shape index (κ2) is 5.32. The maximum Gasteiger partial charge on any atom is 0.293 e. The summed E-state index contributed by atoms with van der Waals surface area (Å²) in [7, 11) is -3.70. The molecule has 0 saturated carbocycles. The number of sulfonamides is 1. The lowest BCUT2D eigenvalue weighted by Gasteiger charge is -2.18. The number of hydrogen-bond acceptors (Lipinski definition) is 5. The van der Waals surface area contributed by atoms with E-state index in [4.69, 9.17) is 5.73 Å². The number of rotatable bonds is 5. The Balaban J connectivity index is 3.34. The van der Waals surface area contributed by atoms with Crippen LogP contribution >= 0.6 is 0 Å². The highest BCUT2D eigenvalue weighted by molar-refractivity contribution is 7.89. The summed E-state index contributed by atoms with van der Waals surface area (Å²) in [4.78, 5) is 9.91. The molecule has 0 amide bonds. The summed E-state index contributed by atoms with van der Waals surface area (Å²) >= 11 is 0. The van der Waals surface area contributed by atoms with Crippen molar-refractivity contribution >= 4 is 21.4 Å². The maximum atomic E-state index is 12.1. The topological polar surface area (TPSA) is 107 Å². The fraction of sp³-hybridized carbons (Fsp3) is 0.400. The van der Waals surface area contributed by atoms with E-state index in [0.29, 0.717) is 13.1 Å². The molecule has 0 aliphatic carbocycles. The van der Waals surface area contributed by atoms with Crippen molar-refractivity contribution in [3.05, 3.63) is 28.3 Å². The van der Waals surface area contributed by atoms with Gasteiger partial charge in [0.05, 0.1) is 9.82 Å². The molecule has 0 saturated heterocycles. The zero-order valence-electron chi connectivity index (χ0n) is 10.2. The molecule has 2 N–H and O–H groups in total. The van der Waals surface area contributed by atoms with Gasteiger partial charge in [-0.05, 0) is 12.1 Å². The van der Waals surface area contributed by atoms with Crippen LogP contribution in [0.1, 0.15) is 13.8 Å². The highest BCUT2D eigenvalue weighted by Crippen LogP contribution is 2.26. The van der Waals surface area contributed by atoms with Crippen molar-refractivity contribution in [1.82, 2.24) is 4.31 Å². The lowest BCUT2D eigenvalue weighted by molar-refractivity contribution is -0.384. The zero-order valence-corrected chi connectivity index (χ0v) is 11.0. The fourth-order valence-electron chi connectivity index (χ4n) is 1.55. The van der Waals surface area contributed by atoms with E-state index in [9.17, 15) is 18.5 Å². The lowest BCUT2D eigenvalue weighted by Crippen LogP contribution is -2.30. The van der Waals surface area contributed by atoms with E-state index < -0.39 is 20.6 Å². The standard InChI is InChI=1S/C10H15N3O4S/c1-3-12(4-2)18(16,17)8-5-6-9(11)10(7-8)13(14)15/h5-7H,3-4,11H2,1-2H3. The number of nitrogens with zero attached hydrogens (tertiary/aromatic N) is 2. The normalized spacial score (nSPS) is 11.7. The van der Waals surface area contributed by atoms with Crippen LogP contribution in [0.15, 0.2) is 23.1 Å². The predicted molar refractivity (Wildman–Crippen MR) is 67.6 cm³/mol. The van der Waals surface area contributed by atoms with Crippen LogP contribution < -0.4 is 5.73 Å². The van der Waals surface area contributed by atoms with Gasteiger partial charge in [0.15, 0.2) is 0 Å². The van der Waals surface area contributed by atoms with Crippen molar-refractivity contribution in [2.45, 2.75) is 18.7 Å². The monoisotopic (exact) mass is 273 g/mol. The molecule has 100 valence electrons. The molecule has 1 aromatic rings. The fourth-order valence-corrected chi connectivity index (χ4v) is 3.03. The van der Waals surface area contributed by atoms with Crippen LogP contribution in [0.3, 0.4) is 0 Å². The molecule has 0 aromatic heterocycles. The van der Waals surface area contributed by atoms with E-state index in [1.54, 1.807) is 13.8 Å². The number of benzene rings is 1. The molecule has 0 heterocycles. The molecule has 0 bridgehead atoms. The maximum absolute atomic E-state index is 12.1. The first kappa shape index (κ1) is 14.4. The second-order valence-electron chi connectivity index (χ2n) is 3.57. The van der Waals surface area contributed by atoms with Gasteiger partial charge in [0.2, 0.25) is 10.0 Å². The number of anilines is 1. The van der Waals surface area contributed by atoms with E-state index in [0.717, 1.165) is 6.07 Å². The number of nitro groups is 1. The van der Waals surface area contributed by atoms with Crippen molar-refractivity contribution in [2.75, 3.05) is 18.8 Å². The van der Waals surface area contributed by atoms with Crippen LogP contribution in [0.4, 0.5) is 11.4 Å². The lowest BCUT2D eigenvalue weighted by atomic mass is 10.3. The van der Waals surface area contributed by atoms with Gasteiger partial charge >= 0.3 is 0 Å². The Labute approximate surface area is 105 Å². The van der Waals surface area contributed by atoms with Gasteiger partial charge in [-0.15, -0.1) is 0 Å². The van der Waals surface area contributed by atoms with Crippen LogP contribution in [-0.4, -0.2) is 30.7 Å². The molecule has 0 atom stereocenters. The third kappa shape index (κ3) is 2.59. The molecule has 7 nitrogen and oxygen atoms in total. The van der Waals surface area contributed by atoms with Crippen LogP contribution in [0.2, 0.25) is 0 Å². The summed E-state index contributed by atoms with van der Waals surface area (Å²) in [6.45, 7) is 4.01. The Morgan fingerprint density at radius 2 is 1.89 bits per heavy atom. The number of hydrogen-bond donors (Lipinski definition) is 1. The van der Waals surface area contributed by atoms with Gasteiger partial charge in [0, 0.05) is 19.2 Å². The number of nitro benzene ring substituents is 1. The van der Waals surface area contributed by atoms with Crippen molar-refractivity contribution in [1.29, 1.82) is 0 Å². The minimum Gasteiger partial charge on any atom is -0.393 e. The quantitative estimate of drug-likeness (QED) is 0.493. The Bertz CT molecular complexity index is 552. The van der Waals surface area contributed by atoms with E-state index in [1.165, 1.54) is 16.4 Å². The van der Waals surface area contributed by atoms with E-state index in [1.807, 2.05) is 0 Å². The SMILES string of the molecule is CCN(CC)S(=O)(=O)c1ccc(N)c([N+](=O)[O-])c1. The molecular weight excluding hydrogens is 258 g/mol. The minimum absolute atomic E-state index is 0.0569. The molecule has 0 fully saturated rings. The van der Waals surface area contributed by atoms with Gasteiger partial charge in [-0.1, -0.05) is 13.8 Å². The predicted octanol–water partition coefficient (Wildman–Crippen LogP) is 1.21. The Morgan fingerprint density at radius 1 is 1.33 bits per heavy atom. The van der Waals surface area contributed by atoms with Gasteiger partial charge in [0.1, 0.15) is 5.69 Å². The van der Waals surface area contributed by atoms with Gasteiger partial charge < -0.3 is 5.73 Å². The van der Waals surface area contributed by atoms with Gasteiger partial charge in [-0.3, -0.25) is 10.1 Å². The highest BCUT2D eigenvalue weighted by atomic mass is 32.2. The summed E-state index contributed by atoms with van der Waals surface area (Å²) < 4.78 is 25.5. The molecule has 0 aliphatic rings. The smallest absolute Gasteiger partial charge is 0.293 e. The van der Waals surface area contributed by atoms with Crippen molar-refractivity contribution in [2.24, 2.45) is 0 Å². The van der Waals surface area contributed by atoms with E-state index in [-0.39, 0.29) is 10.6 Å². The number of nitrogen functional groups attached to an aromatic ring is 1. The third-order valence-corrected chi connectivity index (χ3v) is 4.59. The first-order chi connectivity index (χ1) is 8.34. The van der Waals surface area contributed by atoms with Crippen LogP contribution in [0.5, 0.6) is 0 Å². The zero-order chi connectivity index (χ0) is 13.9. The summed E-state index contributed by atoms with van der Waals surface area (Å²) in [6.07, 6.45) is 0. The van der Waals surface area contributed by atoms with Crippen molar-refractivity contribution in [3.8, 4) is 0 Å². The molecule has 0 aliphatic heterocycles. The molecule has 0 unspecified atom stereocenters. The Morgan fingerprint density at radius 3 is 2.33 bits per heavy atom. The van der Waals surface area contributed by atoms with Gasteiger partial charge in [0.25, 0.3) is 5.69 Å². The van der Waals surface area contributed by atoms with E-state index >= 15 is 0 Å². The molecular formula is C10H15N3O4S. The van der Waals surface area contributed by atoms with Crippen LogP contribution in [0.25, 0.3) is 0 Å². The third-order valence-electron chi connectivity index (χ3n) is 2.54. The summed E-state index contributed by atoms with van der Waals surface area (Å²) in [6, 6.07) is 3.49. The molecule has 8 heteroatoms. The summed E-state index contributed by atoms with van der Waals surface area (Å²) in [5, 5.41) is 10.7. The highest BCUT2D eigenvalue weighted by Gasteiger charge is 2.24. The molecule has 0 spiro atoms. The van der Waals surface area contributed by atoms with Crippen LogP contribution in [0, 0.1) is 10.1 Å². The Hall–Kier alpha value is -1.67. The first-order valence-electron chi connectivity index (χ1n) is 5.38. The van der Waals surface area contributed by atoms with Crippen molar-refractivity contribution in [3.63, 3.8) is 0 Å². The average Bonchev–Trinajstić information content (AvgIpc) is 2.30. The second-order valence-corrected chi connectivity index (χ2v) is 5.50.